The van der Waals surface area contributed by atoms with E-state index in [1.807, 2.05) is 0 Å². The third-order valence-electron chi connectivity index (χ3n) is 2.15. The van der Waals surface area contributed by atoms with Crippen LogP contribution < -0.4 is 0 Å². The van der Waals surface area contributed by atoms with Crippen molar-refractivity contribution in [1.29, 1.82) is 0 Å². The third-order valence-corrected chi connectivity index (χ3v) is 11.4. The van der Waals surface area contributed by atoms with Crippen LogP contribution in [0, 0.1) is 0 Å². The molecule has 0 fully saturated rings. The van der Waals surface area contributed by atoms with Crippen molar-refractivity contribution in [2.75, 3.05) is 0 Å². The molecule has 0 saturated heterocycles. The van der Waals surface area contributed by atoms with Crippen molar-refractivity contribution in [3.63, 3.8) is 0 Å². The molecule has 0 atom stereocenters. The van der Waals surface area contributed by atoms with Gasteiger partial charge in [-0.05, 0) is 11.2 Å². The Morgan fingerprint density at radius 3 is 1.42 bits per heavy atom. The molecule has 0 heterocycles. The fraction of sp³-hybridized carbons (Fsp3) is 0.700. The normalized spacial score (nSPS) is 12.9. The summed E-state index contributed by atoms with van der Waals surface area (Å²) >= 11 is 0. The van der Waals surface area contributed by atoms with Crippen LogP contribution in [-0.2, 0) is 0 Å². The fourth-order valence-corrected chi connectivity index (χ4v) is 13.5. The predicted molar refractivity (Wildman–Crippen MR) is 64.2 cm³/mol. The number of hydrogen-bond donors (Lipinski definition) is 0. The van der Waals surface area contributed by atoms with Gasteiger partial charge in [-0.3, -0.25) is 0 Å². The maximum absolute atomic E-state index is 3.69. The fourth-order valence-electron chi connectivity index (χ4n) is 1.92. The van der Waals surface area contributed by atoms with E-state index in [9.17, 15) is 0 Å². The van der Waals surface area contributed by atoms with Gasteiger partial charge in [0.25, 0.3) is 0 Å². The first-order chi connectivity index (χ1) is 5.19. The molecule has 0 saturated carbocycles. The first kappa shape index (κ1) is 12.0. The predicted octanol–water partition coefficient (Wildman–Crippen LogP) is 3.91. The molecule has 0 aliphatic carbocycles. The highest BCUT2D eigenvalue weighted by atomic mass is 28.4. The van der Waals surface area contributed by atoms with Crippen molar-refractivity contribution in [2.24, 2.45) is 0 Å². The third kappa shape index (κ3) is 3.57. The van der Waals surface area contributed by atoms with Crippen LogP contribution in [0.15, 0.2) is 18.4 Å². The van der Waals surface area contributed by atoms with E-state index in [0.717, 1.165) is 5.16 Å². The highest BCUT2D eigenvalue weighted by molar-refractivity contribution is 6.96. The zero-order chi connectivity index (χ0) is 9.99. The lowest BCUT2D eigenvalue weighted by molar-refractivity contribution is 1.31. The molecule has 0 unspecified atom stereocenters. The summed E-state index contributed by atoms with van der Waals surface area (Å²) < 4.78 is 0. The van der Waals surface area contributed by atoms with Gasteiger partial charge in [-0.1, -0.05) is 45.9 Å². The van der Waals surface area contributed by atoms with E-state index in [2.05, 4.69) is 57.7 Å². The average molecular weight is 198 g/mol. The summed E-state index contributed by atoms with van der Waals surface area (Å²) in [6.07, 6.45) is 2.22. The second-order valence-electron chi connectivity index (χ2n) is 5.58. The smallest absolute Gasteiger partial charge is 0.0493 e. The Hall–Kier alpha value is -0.0462. The van der Waals surface area contributed by atoms with Crippen LogP contribution in [-0.4, -0.2) is 16.1 Å². The van der Waals surface area contributed by atoms with Gasteiger partial charge in [-0.2, -0.15) is 0 Å². The zero-order valence-corrected chi connectivity index (χ0v) is 11.4. The van der Waals surface area contributed by atoms with Crippen LogP contribution in [0.5, 0.6) is 0 Å². The largest absolute Gasteiger partial charge is 0.133 e. The van der Waals surface area contributed by atoms with Gasteiger partial charge in [0.1, 0.15) is 0 Å². The van der Waals surface area contributed by atoms with E-state index in [0.29, 0.717) is 0 Å². The van der Waals surface area contributed by atoms with Gasteiger partial charge in [-0.15, -0.1) is 5.73 Å². The van der Waals surface area contributed by atoms with Gasteiger partial charge in [-0.25, -0.2) is 0 Å². The molecule has 0 radical (unpaired) electrons. The van der Waals surface area contributed by atoms with Crippen LogP contribution in [0.4, 0.5) is 0 Å². The first-order valence-electron chi connectivity index (χ1n) is 4.55. The SMILES string of the molecule is C=C=CC([Si](C)(C)C)[Si](C)(C)C. The second-order valence-corrected chi connectivity index (χ2v) is 16.9. The standard InChI is InChI=1S/C10H22Si2/c1-8-9-10(11(2,3)4)12(5,6)7/h9-10H,1H2,2-7H3. The van der Waals surface area contributed by atoms with Crippen LogP contribution in [0.2, 0.25) is 44.4 Å². The molecule has 0 nitrogen and oxygen atoms in total. The summed E-state index contributed by atoms with van der Waals surface area (Å²) in [5, 5.41) is 0.808. The molecule has 0 aromatic heterocycles. The molecule has 12 heavy (non-hydrogen) atoms. The van der Waals surface area contributed by atoms with E-state index in [1.165, 1.54) is 0 Å². The Balaban J connectivity index is 4.81. The molecule has 0 amide bonds. The van der Waals surface area contributed by atoms with E-state index in [1.54, 1.807) is 0 Å². The molecule has 0 spiro atoms. The van der Waals surface area contributed by atoms with Crippen molar-refractivity contribution in [1.82, 2.24) is 0 Å². The van der Waals surface area contributed by atoms with Crippen molar-refractivity contribution < 1.29 is 0 Å². The summed E-state index contributed by atoms with van der Waals surface area (Å²) in [5.74, 6) is 0. The van der Waals surface area contributed by atoms with E-state index >= 15 is 0 Å². The van der Waals surface area contributed by atoms with Crippen molar-refractivity contribution in [3.05, 3.63) is 18.4 Å². The van der Waals surface area contributed by atoms with E-state index in [4.69, 9.17) is 0 Å². The first-order valence-corrected chi connectivity index (χ1v) is 11.7. The Bertz CT molecular complexity index is 173. The molecule has 70 valence electrons. The average Bonchev–Trinajstić information content (AvgIpc) is 1.77. The molecule has 2 heteroatoms. The quantitative estimate of drug-likeness (QED) is 0.476. The number of hydrogen-bond acceptors (Lipinski definition) is 0. The minimum atomic E-state index is -1.04. The van der Waals surface area contributed by atoms with Crippen molar-refractivity contribution in [2.45, 2.75) is 44.4 Å². The lowest BCUT2D eigenvalue weighted by Gasteiger charge is -2.35. The lowest BCUT2D eigenvalue weighted by Crippen LogP contribution is -2.42. The Morgan fingerprint density at radius 1 is 1.00 bits per heavy atom. The Kier molecular flexibility index (Phi) is 3.76. The monoisotopic (exact) mass is 198 g/mol. The second kappa shape index (κ2) is 3.78. The molecule has 0 bridgehead atoms. The van der Waals surface area contributed by atoms with Crippen molar-refractivity contribution >= 4 is 16.1 Å². The molecule has 0 aliphatic rings. The highest BCUT2D eigenvalue weighted by Gasteiger charge is 2.35. The van der Waals surface area contributed by atoms with Gasteiger partial charge in [0, 0.05) is 16.1 Å². The van der Waals surface area contributed by atoms with Gasteiger partial charge in [0.05, 0.1) is 0 Å². The Labute approximate surface area is 79.4 Å². The van der Waals surface area contributed by atoms with E-state index in [-0.39, 0.29) is 0 Å². The minimum absolute atomic E-state index is 0.808. The zero-order valence-electron chi connectivity index (χ0n) is 9.36. The van der Waals surface area contributed by atoms with Gasteiger partial charge < -0.3 is 0 Å². The van der Waals surface area contributed by atoms with Crippen LogP contribution >= 0.6 is 0 Å². The molecular weight excluding hydrogens is 176 g/mol. The summed E-state index contributed by atoms with van der Waals surface area (Å²) in [5.41, 5.74) is 2.98. The molecule has 0 rings (SSSR count). The molecule has 0 aliphatic heterocycles. The molecule has 0 N–H and O–H groups in total. The minimum Gasteiger partial charge on any atom is -0.133 e. The molecular formula is C10H22Si2. The maximum atomic E-state index is 3.69. The summed E-state index contributed by atoms with van der Waals surface area (Å²) in [7, 11) is -2.08. The topological polar surface area (TPSA) is 0 Å². The summed E-state index contributed by atoms with van der Waals surface area (Å²) in [6, 6.07) is 0. The highest BCUT2D eigenvalue weighted by Crippen LogP contribution is 2.32. The van der Waals surface area contributed by atoms with Crippen LogP contribution in [0.25, 0.3) is 0 Å². The maximum Gasteiger partial charge on any atom is 0.0493 e. The lowest BCUT2D eigenvalue weighted by atomic mass is 10.7. The molecule has 0 aromatic rings. The van der Waals surface area contributed by atoms with Gasteiger partial charge >= 0.3 is 0 Å². The number of allylic oxidation sites excluding steroid dienone is 1. The van der Waals surface area contributed by atoms with Crippen molar-refractivity contribution in [3.8, 4) is 0 Å². The summed E-state index contributed by atoms with van der Waals surface area (Å²) in [6.45, 7) is 18.3. The Morgan fingerprint density at radius 2 is 1.33 bits per heavy atom. The van der Waals surface area contributed by atoms with E-state index < -0.39 is 16.1 Å². The molecule has 0 aromatic carbocycles. The summed E-state index contributed by atoms with van der Waals surface area (Å²) in [4.78, 5) is 0. The van der Waals surface area contributed by atoms with Crippen LogP contribution in [0.1, 0.15) is 0 Å². The number of rotatable bonds is 3. The van der Waals surface area contributed by atoms with Gasteiger partial charge in [0.2, 0.25) is 0 Å². The van der Waals surface area contributed by atoms with Gasteiger partial charge in [0.15, 0.2) is 0 Å². The van der Waals surface area contributed by atoms with Crippen LogP contribution in [0.3, 0.4) is 0 Å².